The second kappa shape index (κ2) is 6.58. The fraction of sp³-hybridized carbons (Fsp3) is 0.462. The number of hydrogen-bond acceptors (Lipinski definition) is 5. The van der Waals surface area contributed by atoms with Crippen LogP contribution < -0.4 is 10.9 Å². The molecule has 0 spiro atoms. The third-order valence-corrected chi connectivity index (χ3v) is 3.55. The van der Waals surface area contributed by atoms with Crippen LogP contribution in [0.5, 0.6) is 0 Å². The molecule has 2 N–H and O–H groups in total. The van der Waals surface area contributed by atoms with E-state index >= 15 is 0 Å². The lowest BCUT2D eigenvalue weighted by atomic mass is 10.2. The normalized spacial score (nSPS) is 11.1. The first-order valence-electron chi connectivity index (χ1n) is 6.38. The van der Waals surface area contributed by atoms with Crippen LogP contribution in [0.25, 0.3) is 10.7 Å². The first-order chi connectivity index (χ1) is 9.15. The monoisotopic (exact) mass is 278 g/mol. The number of pyridine rings is 1. The maximum absolute atomic E-state index is 11.2. The van der Waals surface area contributed by atoms with Gasteiger partial charge >= 0.3 is 0 Å². The molecule has 2 aromatic rings. The molecule has 0 saturated carbocycles. The highest BCUT2D eigenvalue weighted by atomic mass is 32.1. The minimum absolute atomic E-state index is 0.118. The topological polar surface area (TPSA) is 70.7 Å². The number of nitrogens with one attached hydrogen (secondary N) is 2. The summed E-state index contributed by atoms with van der Waals surface area (Å²) in [7, 11) is 0. The van der Waals surface area contributed by atoms with Gasteiger partial charge in [0.15, 0.2) is 5.01 Å². The highest BCUT2D eigenvalue weighted by Gasteiger charge is 2.07. The summed E-state index contributed by atoms with van der Waals surface area (Å²) < 4.78 is 0. The number of rotatable bonds is 6. The lowest BCUT2D eigenvalue weighted by molar-refractivity contribution is 0.553. The zero-order valence-electron chi connectivity index (χ0n) is 11.1. The Bertz CT molecular complexity index is 576. The van der Waals surface area contributed by atoms with Gasteiger partial charge in [0.2, 0.25) is 5.56 Å². The molecular weight excluding hydrogens is 260 g/mol. The van der Waals surface area contributed by atoms with Gasteiger partial charge in [-0.25, -0.2) is 0 Å². The molecule has 6 heteroatoms. The van der Waals surface area contributed by atoms with E-state index in [0.717, 1.165) is 35.2 Å². The molecule has 2 aromatic heterocycles. The summed E-state index contributed by atoms with van der Waals surface area (Å²) in [6.07, 6.45) is 0.863. The van der Waals surface area contributed by atoms with Crippen LogP contribution >= 0.6 is 11.3 Å². The van der Waals surface area contributed by atoms with Gasteiger partial charge in [-0.3, -0.25) is 4.79 Å². The first-order valence-corrected chi connectivity index (χ1v) is 7.19. The zero-order chi connectivity index (χ0) is 13.7. The SMILES string of the molecule is CC(C)CNCCc1nnc(-c2cccc(=O)[nH]2)s1. The van der Waals surface area contributed by atoms with Gasteiger partial charge in [-0.1, -0.05) is 31.3 Å². The van der Waals surface area contributed by atoms with Crippen LogP contribution in [0, 0.1) is 5.92 Å². The molecular formula is C13H18N4OS. The lowest BCUT2D eigenvalue weighted by Crippen LogP contribution is -2.22. The molecule has 19 heavy (non-hydrogen) atoms. The minimum Gasteiger partial charge on any atom is -0.320 e. The number of aromatic nitrogens is 3. The minimum atomic E-state index is -0.118. The van der Waals surface area contributed by atoms with Crippen LogP contribution in [-0.2, 0) is 6.42 Å². The fourth-order valence-electron chi connectivity index (χ4n) is 1.62. The van der Waals surface area contributed by atoms with Gasteiger partial charge in [-0.05, 0) is 18.5 Å². The summed E-state index contributed by atoms with van der Waals surface area (Å²) in [5.41, 5.74) is 0.610. The van der Waals surface area contributed by atoms with Crippen LogP contribution in [0.15, 0.2) is 23.0 Å². The Morgan fingerprint density at radius 2 is 2.21 bits per heavy atom. The quantitative estimate of drug-likeness (QED) is 0.789. The summed E-state index contributed by atoms with van der Waals surface area (Å²) in [6.45, 7) is 6.28. The standard InChI is InChI=1S/C13H18N4OS/c1-9(2)8-14-7-6-12-16-17-13(19-12)10-4-3-5-11(18)15-10/h3-5,9,14H,6-8H2,1-2H3,(H,15,18). The van der Waals surface area contributed by atoms with E-state index < -0.39 is 0 Å². The molecule has 2 rings (SSSR count). The second-order valence-corrected chi connectivity index (χ2v) is 5.84. The third kappa shape index (κ3) is 4.25. The number of hydrogen-bond donors (Lipinski definition) is 2. The van der Waals surface area contributed by atoms with E-state index in [9.17, 15) is 4.79 Å². The molecule has 0 bridgehead atoms. The molecule has 0 radical (unpaired) electrons. The molecule has 0 aliphatic rings. The van der Waals surface area contributed by atoms with Crippen LogP contribution in [0.2, 0.25) is 0 Å². The fourth-order valence-corrected chi connectivity index (χ4v) is 2.44. The van der Waals surface area contributed by atoms with Crippen molar-refractivity contribution in [2.24, 2.45) is 5.92 Å². The van der Waals surface area contributed by atoms with Gasteiger partial charge in [0.1, 0.15) is 5.01 Å². The molecule has 0 unspecified atom stereocenters. The Morgan fingerprint density at radius 1 is 1.37 bits per heavy atom. The van der Waals surface area contributed by atoms with Crippen molar-refractivity contribution in [2.75, 3.05) is 13.1 Å². The highest BCUT2D eigenvalue weighted by Crippen LogP contribution is 2.20. The summed E-state index contributed by atoms with van der Waals surface area (Å²) in [6, 6.07) is 5.05. The largest absolute Gasteiger partial charge is 0.320 e. The summed E-state index contributed by atoms with van der Waals surface area (Å²) in [5.74, 6) is 0.652. The Labute approximate surface area is 116 Å². The van der Waals surface area contributed by atoms with Crippen molar-refractivity contribution < 1.29 is 0 Å². The average Bonchev–Trinajstić information content (AvgIpc) is 2.83. The van der Waals surface area contributed by atoms with Crippen molar-refractivity contribution in [3.8, 4) is 10.7 Å². The number of H-pyrrole nitrogens is 1. The van der Waals surface area contributed by atoms with Crippen molar-refractivity contribution >= 4 is 11.3 Å². The van der Waals surface area contributed by atoms with Crippen molar-refractivity contribution in [1.29, 1.82) is 0 Å². The second-order valence-electron chi connectivity index (χ2n) is 4.78. The molecule has 0 aliphatic heterocycles. The number of aromatic amines is 1. The molecule has 0 aliphatic carbocycles. The maximum Gasteiger partial charge on any atom is 0.248 e. The smallest absolute Gasteiger partial charge is 0.248 e. The molecule has 5 nitrogen and oxygen atoms in total. The van der Waals surface area contributed by atoms with Crippen LogP contribution in [0.4, 0.5) is 0 Å². The van der Waals surface area contributed by atoms with Crippen molar-refractivity contribution in [2.45, 2.75) is 20.3 Å². The third-order valence-electron chi connectivity index (χ3n) is 2.53. The van der Waals surface area contributed by atoms with Gasteiger partial charge in [0.25, 0.3) is 0 Å². The molecule has 102 valence electrons. The molecule has 0 saturated heterocycles. The molecule has 0 atom stereocenters. The van der Waals surface area contributed by atoms with E-state index in [1.54, 1.807) is 6.07 Å². The average molecular weight is 278 g/mol. The van der Waals surface area contributed by atoms with E-state index in [4.69, 9.17) is 0 Å². The van der Waals surface area contributed by atoms with Crippen LogP contribution in [-0.4, -0.2) is 28.3 Å². The number of nitrogens with zero attached hydrogens (tertiary/aromatic N) is 2. The summed E-state index contributed by atoms with van der Waals surface area (Å²) in [4.78, 5) is 14.0. The first kappa shape index (κ1) is 13.9. The van der Waals surface area contributed by atoms with Crippen molar-refractivity contribution in [3.63, 3.8) is 0 Å². The Morgan fingerprint density at radius 3 is 2.95 bits per heavy atom. The molecule has 0 fully saturated rings. The predicted octanol–water partition coefficient (Wildman–Crippen LogP) is 1.68. The van der Waals surface area contributed by atoms with Crippen LogP contribution in [0.3, 0.4) is 0 Å². The highest BCUT2D eigenvalue weighted by molar-refractivity contribution is 7.14. The molecule has 2 heterocycles. The van der Waals surface area contributed by atoms with E-state index in [1.165, 1.54) is 17.4 Å². The Kier molecular flexibility index (Phi) is 4.81. The summed E-state index contributed by atoms with van der Waals surface area (Å²) in [5, 5.41) is 13.4. The van der Waals surface area contributed by atoms with Crippen molar-refractivity contribution in [1.82, 2.24) is 20.5 Å². The Hall–Kier alpha value is -1.53. The van der Waals surface area contributed by atoms with E-state index in [2.05, 4.69) is 34.3 Å². The van der Waals surface area contributed by atoms with Gasteiger partial charge in [-0.15, -0.1) is 10.2 Å². The molecule has 0 amide bonds. The van der Waals surface area contributed by atoms with Gasteiger partial charge in [0, 0.05) is 19.0 Å². The lowest BCUT2D eigenvalue weighted by Gasteiger charge is -2.05. The predicted molar refractivity (Wildman–Crippen MR) is 77.4 cm³/mol. The van der Waals surface area contributed by atoms with E-state index in [-0.39, 0.29) is 5.56 Å². The van der Waals surface area contributed by atoms with E-state index in [1.807, 2.05) is 6.07 Å². The van der Waals surface area contributed by atoms with Crippen LogP contribution in [0.1, 0.15) is 18.9 Å². The van der Waals surface area contributed by atoms with Gasteiger partial charge in [0.05, 0.1) is 5.69 Å². The summed E-state index contributed by atoms with van der Waals surface area (Å²) >= 11 is 1.52. The van der Waals surface area contributed by atoms with Crippen molar-refractivity contribution in [3.05, 3.63) is 33.6 Å². The molecule has 0 aromatic carbocycles. The van der Waals surface area contributed by atoms with E-state index in [0.29, 0.717) is 5.92 Å². The maximum atomic E-state index is 11.2. The zero-order valence-corrected chi connectivity index (χ0v) is 12.0. The Balaban J connectivity index is 1.94. The van der Waals surface area contributed by atoms with Gasteiger partial charge in [-0.2, -0.15) is 0 Å². The van der Waals surface area contributed by atoms with Gasteiger partial charge < -0.3 is 10.3 Å².